The summed E-state index contributed by atoms with van der Waals surface area (Å²) in [5.74, 6) is 1.73. The van der Waals surface area contributed by atoms with Gasteiger partial charge in [0.25, 0.3) is 0 Å². The number of ether oxygens (including phenoxy) is 2. The van der Waals surface area contributed by atoms with E-state index in [1.54, 1.807) is 14.2 Å². The molecular formula is C18H21O2. The van der Waals surface area contributed by atoms with Crippen molar-refractivity contribution in [3.8, 4) is 11.5 Å². The Hall–Kier alpha value is -1.96. The van der Waals surface area contributed by atoms with Crippen LogP contribution >= 0.6 is 0 Å². The van der Waals surface area contributed by atoms with Gasteiger partial charge in [-0.15, -0.1) is 0 Å². The third kappa shape index (κ3) is 3.53. The summed E-state index contributed by atoms with van der Waals surface area (Å²) in [6.07, 6.45) is 3.05. The van der Waals surface area contributed by atoms with E-state index in [-0.39, 0.29) is 0 Å². The lowest BCUT2D eigenvalue weighted by Crippen LogP contribution is -1.99. The van der Waals surface area contributed by atoms with Crippen molar-refractivity contribution in [2.45, 2.75) is 19.3 Å². The first-order chi connectivity index (χ1) is 9.74. The Bertz CT molecular complexity index is 522. The van der Waals surface area contributed by atoms with Gasteiger partial charge in [-0.25, -0.2) is 0 Å². The molecule has 0 bridgehead atoms. The summed E-state index contributed by atoms with van der Waals surface area (Å²) in [5.41, 5.74) is 3.39. The van der Waals surface area contributed by atoms with Crippen molar-refractivity contribution < 1.29 is 9.47 Å². The Labute approximate surface area is 121 Å². The summed E-state index contributed by atoms with van der Waals surface area (Å²) in [4.78, 5) is 0. The van der Waals surface area contributed by atoms with E-state index in [1.807, 2.05) is 18.2 Å². The lowest BCUT2D eigenvalue weighted by Gasteiger charge is -2.14. The molecule has 2 aromatic rings. The van der Waals surface area contributed by atoms with E-state index in [9.17, 15) is 0 Å². The monoisotopic (exact) mass is 269 g/mol. The highest BCUT2D eigenvalue weighted by molar-refractivity contribution is 5.49. The Kier molecular flexibility index (Phi) is 5.05. The zero-order valence-corrected chi connectivity index (χ0v) is 12.2. The minimum atomic E-state index is 0.863. The van der Waals surface area contributed by atoms with Crippen LogP contribution in [0.25, 0.3) is 0 Å². The lowest BCUT2D eigenvalue weighted by molar-refractivity contribution is 0.384. The molecule has 2 nitrogen and oxygen atoms in total. The number of aryl methyl sites for hydroxylation is 1. The van der Waals surface area contributed by atoms with Crippen LogP contribution in [0.3, 0.4) is 0 Å². The van der Waals surface area contributed by atoms with Gasteiger partial charge < -0.3 is 9.47 Å². The average molecular weight is 269 g/mol. The molecular weight excluding hydrogens is 248 g/mol. The van der Waals surface area contributed by atoms with Crippen LogP contribution in [0, 0.1) is 6.92 Å². The van der Waals surface area contributed by atoms with Crippen molar-refractivity contribution in [1.29, 1.82) is 0 Å². The van der Waals surface area contributed by atoms with E-state index in [4.69, 9.17) is 9.47 Å². The third-order valence-electron chi connectivity index (χ3n) is 3.40. The first-order valence-electron chi connectivity index (χ1n) is 6.85. The molecule has 0 fully saturated rings. The van der Waals surface area contributed by atoms with Gasteiger partial charge in [0.15, 0.2) is 0 Å². The van der Waals surface area contributed by atoms with Gasteiger partial charge in [-0.05, 0) is 49.4 Å². The Morgan fingerprint density at radius 2 is 1.50 bits per heavy atom. The fraction of sp³-hybridized carbons (Fsp3) is 0.278. The Balaban J connectivity index is 2.08. The van der Waals surface area contributed by atoms with Gasteiger partial charge in [0, 0.05) is 5.56 Å². The van der Waals surface area contributed by atoms with Crippen molar-refractivity contribution in [3.05, 3.63) is 66.1 Å². The van der Waals surface area contributed by atoms with E-state index < -0.39 is 0 Å². The minimum absolute atomic E-state index is 0.863. The molecule has 0 saturated carbocycles. The van der Waals surface area contributed by atoms with Gasteiger partial charge >= 0.3 is 0 Å². The fourth-order valence-electron chi connectivity index (χ4n) is 2.40. The average Bonchev–Trinajstić information content (AvgIpc) is 2.49. The second kappa shape index (κ2) is 6.99. The smallest absolute Gasteiger partial charge is 0.126 e. The molecule has 0 unspecified atom stereocenters. The molecule has 0 saturated heterocycles. The summed E-state index contributed by atoms with van der Waals surface area (Å²) >= 11 is 0. The predicted octanol–water partition coefficient (Wildman–Crippen LogP) is 4.06. The molecule has 0 atom stereocenters. The first-order valence-corrected chi connectivity index (χ1v) is 6.85. The van der Waals surface area contributed by atoms with Crippen LogP contribution in [0.1, 0.15) is 23.1 Å². The second-order valence-corrected chi connectivity index (χ2v) is 4.82. The molecule has 0 aromatic heterocycles. The second-order valence-electron chi connectivity index (χ2n) is 4.82. The van der Waals surface area contributed by atoms with Crippen LogP contribution in [0.4, 0.5) is 0 Å². The molecule has 0 heterocycles. The van der Waals surface area contributed by atoms with Gasteiger partial charge in [0.05, 0.1) is 14.2 Å². The number of rotatable bonds is 6. The molecule has 20 heavy (non-hydrogen) atoms. The summed E-state index contributed by atoms with van der Waals surface area (Å²) in [5, 5.41) is 0. The highest BCUT2D eigenvalue weighted by Crippen LogP contribution is 2.31. The summed E-state index contributed by atoms with van der Waals surface area (Å²) in [6, 6.07) is 14.4. The van der Waals surface area contributed by atoms with Crippen LogP contribution in [-0.2, 0) is 12.8 Å². The van der Waals surface area contributed by atoms with Gasteiger partial charge in [-0.3, -0.25) is 0 Å². The fourth-order valence-corrected chi connectivity index (χ4v) is 2.40. The van der Waals surface area contributed by atoms with Gasteiger partial charge in [0.1, 0.15) is 11.5 Å². The topological polar surface area (TPSA) is 18.5 Å². The molecule has 1 radical (unpaired) electrons. The van der Waals surface area contributed by atoms with E-state index in [2.05, 4.69) is 31.2 Å². The highest BCUT2D eigenvalue weighted by atomic mass is 16.5. The summed E-state index contributed by atoms with van der Waals surface area (Å²) in [7, 11) is 3.38. The molecule has 105 valence electrons. The van der Waals surface area contributed by atoms with E-state index in [0.29, 0.717) is 0 Å². The number of benzene rings is 2. The normalized spacial score (nSPS) is 10.3. The van der Waals surface area contributed by atoms with Crippen LogP contribution < -0.4 is 9.47 Å². The zero-order valence-electron chi connectivity index (χ0n) is 12.2. The van der Waals surface area contributed by atoms with Crippen molar-refractivity contribution in [2.75, 3.05) is 14.2 Å². The van der Waals surface area contributed by atoms with Crippen molar-refractivity contribution in [3.63, 3.8) is 0 Å². The minimum Gasteiger partial charge on any atom is -0.496 e. The maximum atomic E-state index is 5.45. The SMILES string of the molecule is [CH2]c1cc(OC)c(CCCc2ccccc2)c(OC)c1. The quantitative estimate of drug-likeness (QED) is 0.787. The predicted molar refractivity (Wildman–Crippen MR) is 82.5 cm³/mol. The van der Waals surface area contributed by atoms with Crippen LogP contribution in [0.5, 0.6) is 11.5 Å². The van der Waals surface area contributed by atoms with Gasteiger partial charge in [-0.2, -0.15) is 0 Å². The molecule has 2 rings (SSSR count). The molecule has 0 spiro atoms. The number of methoxy groups -OCH3 is 2. The standard InChI is InChI=1S/C18H21O2/c1-14-12-17(19-2)16(18(13-14)20-3)11-7-10-15-8-5-4-6-9-15/h4-6,8-9,12-13H,1,7,10-11H2,2-3H3. The zero-order chi connectivity index (χ0) is 14.4. The molecule has 0 aliphatic carbocycles. The van der Waals surface area contributed by atoms with E-state index in [1.165, 1.54) is 5.56 Å². The van der Waals surface area contributed by atoms with Crippen molar-refractivity contribution in [2.24, 2.45) is 0 Å². The third-order valence-corrected chi connectivity index (χ3v) is 3.40. The molecule has 0 amide bonds. The largest absolute Gasteiger partial charge is 0.496 e. The van der Waals surface area contributed by atoms with Crippen LogP contribution in [0.2, 0.25) is 0 Å². The van der Waals surface area contributed by atoms with Crippen molar-refractivity contribution in [1.82, 2.24) is 0 Å². The van der Waals surface area contributed by atoms with Gasteiger partial charge in [-0.1, -0.05) is 30.3 Å². The lowest BCUT2D eigenvalue weighted by atomic mass is 10.0. The van der Waals surface area contributed by atoms with E-state index in [0.717, 1.165) is 41.9 Å². The molecule has 0 N–H and O–H groups in total. The number of hydrogen-bond acceptors (Lipinski definition) is 2. The van der Waals surface area contributed by atoms with Crippen LogP contribution in [0.15, 0.2) is 42.5 Å². The summed E-state index contributed by atoms with van der Waals surface area (Å²) < 4.78 is 10.9. The molecule has 0 aliphatic heterocycles. The highest BCUT2D eigenvalue weighted by Gasteiger charge is 2.11. The van der Waals surface area contributed by atoms with Gasteiger partial charge in [0.2, 0.25) is 0 Å². The molecule has 2 aromatic carbocycles. The van der Waals surface area contributed by atoms with Crippen molar-refractivity contribution >= 4 is 0 Å². The molecule has 2 heteroatoms. The Morgan fingerprint density at radius 1 is 0.900 bits per heavy atom. The summed E-state index contributed by atoms with van der Waals surface area (Å²) in [6.45, 7) is 3.95. The Morgan fingerprint density at radius 3 is 2.05 bits per heavy atom. The van der Waals surface area contributed by atoms with E-state index >= 15 is 0 Å². The number of hydrogen-bond donors (Lipinski definition) is 0. The maximum absolute atomic E-state index is 5.45. The molecule has 0 aliphatic rings. The maximum Gasteiger partial charge on any atom is 0.126 e. The van der Waals surface area contributed by atoms with Crippen LogP contribution in [-0.4, -0.2) is 14.2 Å². The first kappa shape index (κ1) is 14.4.